The second kappa shape index (κ2) is 5.51. The summed E-state index contributed by atoms with van der Waals surface area (Å²) in [5.74, 6) is 0.0328. The van der Waals surface area contributed by atoms with Crippen molar-refractivity contribution in [3.8, 4) is 0 Å². The molecule has 0 saturated carbocycles. The molecule has 2 heterocycles. The van der Waals surface area contributed by atoms with Gasteiger partial charge in [-0.05, 0) is 24.5 Å². The molecule has 2 aromatic heterocycles. The normalized spacial score (nSPS) is 11.1. The molecule has 0 unspecified atom stereocenters. The predicted molar refractivity (Wildman–Crippen MR) is 84.5 cm³/mol. The van der Waals surface area contributed by atoms with E-state index in [2.05, 4.69) is 21.9 Å². The number of hydrogen-bond acceptors (Lipinski definition) is 6. The summed E-state index contributed by atoms with van der Waals surface area (Å²) < 4.78 is 0. The summed E-state index contributed by atoms with van der Waals surface area (Å²) >= 11 is 0. The topological polar surface area (TPSA) is 108 Å². The molecular formula is C15H15N5O2. The van der Waals surface area contributed by atoms with Gasteiger partial charge in [-0.15, -0.1) is 0 Å². The summed E-state index contributed by atoms with van der Waals surface area (Å²) in [7, 11) is 0. The molecule has 0 radical (unpaired) electrons. The number of hydrogen-bond donors (Lipinski definition) is 1. The quantitative estimate of drug-likeness (QED) is 0.450. The van der Waals surface area contributed by atoms with Crippen LogP contribution in [-0.2, 0) is 6.42 Å². The highest BCUT2D eigenvalue weighted by molar-refractivity contribution is 6.09. The Morgan fingerprint density at radius 2 is 2.09 bits per heavy atom. The van der Waals surface area contributed by atoms with Crippen LogP contribution in [0.5, 0.6) is 0 Å². The lowest BCUT2D eigenvalue weighted by Crippen LogP contribution is -2.02. The zero-order chi connectivity index (χ0) is 15.7. The summed E-state index contributed by atoms with van der Waals surface area (Å²) in [4.78, 5) is 23.4. The molecule has 7 nitrogen and oxygen atoms in total. The van der Waals surface area contributed by atoms with Crippen molar-refractivity contribution in [2.75, 3.05) is 5.73 Å². The minimum absolute atomic E-state index is 0.0328. The Balaban J connectivity index is 2.50. The average molecular weight is 297 g/mol. The molecule has 1 aromatic carbocycles. The van der Waals surface area contributed by atoms with E-state index in [-0.39, 0.29) is 11.6 Å². The van der Waals surface area contributed by atoms with Gasteiger partial charge < -0.3 is 5.73 Å². The minimum atomic E-state index is -0.416. The van der Waals surface area contributed by atoms with Gasteiger partial charge in [-0.2, -0.15) is 0 Å². The number of pyridine rings is 1. The molecule has 2 N–H and O–H groups in total. The summed E-state index contributed by atoms with van der Waals surface area (Å²) in [6.07, 6.45) is 7.58. The van der Waals surface area contributed by atoms with Crippen LogP contribution in [0.15, 0.2) is 24.7 Å². The molecule has 22 heavy (non-hydrogen) atoms. The first-order chi connectivity index (χ1) is 10.6. The van der Waals surface area contributed by atoms with Crippen LogP contribution in [0.1, 0.15) is 25.3 Å². The lowest BCUT2D eigenvalue weighted by molar-refractivity contribution is -0.381. The number of rotatable bonds is 4. The molecular weight excluding hydrogens is 282 g/mol. The molecule has 0 saturated heterocycles. The first-order valence-corrected chi connectivity index (χ1v) is 7.08. The number of non-ortho nitro benzene ring substituents is 1. The highest BCUT2D eigenvalue weighted by Gasteiger charge is 2.23. The Hall–Kier alpha value is -2.83. The number of aromatic nitrogens is 3. The van der Waals surface area contributed by atoms with Crippen LogP contribution < -0.4 is 5.73 Å². The van der Waals surface area contributed by atoms with Crippen LogP contribution in [0, 0.1) is 10.1 Å². The van der Waals surface area contributed by atoms with E-state index >= 15 is 0 Å². The second-order valence-electron chi connectivity index (χ2n) is 5.10. The number of unbranched alkanes of at least 4 members (excludes halogenated alkanes) is 1. The lowest BCUT2D eigenvalue weighted by atomic mass is 9.96. The fraction of sp³-hybridized carbons (Fsp3) is 0.267. The second-order valence-corrected chi connectivity index (χ2v) is 5.10. The van der Waals surface area contributed by atoms with Crippen LogP contribution >= 0.6 is 0 Å². The monoisotopic (exact) mass is 297 g/mol. The van der Waals surface area contributed by atoms with Gasteiger partial charge in [0.1, 0.15) is 0 Å². The van der Waals surface area contributed by atoms with Gasteiger partial charge in [-0.3, -0.25) is 15.1 Å². The molecule has 0 aliphatic heterocycles. The first-order valence-electron chi connectivity index (χ1n) is 7.08. The van der Waals surface area contributed by atoms with E-state index in [1.807, 2.05) is 0 Å². The van der Waals surface area contributed by atoms with Crippen molar-refractivity contribution in [1.29, 1.82) is 0 Å². The van der Waals surface area contributed by atoms with Gasteiger partial charge in [0.2, 0.25) is 5.95 Å². The van der Waals surface area contributed by atoms with Gasteiger partial charge in [-0.1, -0.05) is 13.3 Å². The third kappa shape index (κ3) is 2.20. The van der Waals surface area contributed by atoms with Gasteiger partial charge in [0, 0.05) is 29.4 Å². The van der Waals surface area contributed by atoms with E-state index in [1.54, 1.807) is 24.7 Å². The largest absolute Gasteiger partial charge is 0.368 e. The Bertz CT molecular complexity index is 879. The van der Waals surface area contributed by atoms with Crippen LogP contribution in [-0.4, -0.2) is 19.9 Å². The molecule has 3 rings (SSSR count). The first kappa shape index (κ1) is 14.1. The molecule has 0 amide bonds. The van der Waals surface area contributed by atoms with Crippen molar-refractivity contribution < 1.29 is 4.92 Å². The molecule has 112 valence electrons. The van der Waals surface area contributed by atoms with E-state index in [0.717, 1.165) is 30.2 Å². The maximum atomic E-state index is 11.5. The number of nitrogens with zero attached hydrogens (tertiary/aromatic N) is 4. The van der Waals surface area contributed by atoms with E-state index in [0.29, 0.717) is 16.3 Å². The summed E-state index contributed by atoms with van der Waals surface area (Å²) in [5, 5.41) is 13.5. The van der Waals surface area contributed by atoms with Crippen molar-refractivity contribution in [2.45, 2.75) is 26.2 Å². The maximum Gasteiger partial charge on any atom is 0.303 e. The number of fused-ring (bicyclic) bond motifs is 2. The van der Waals surface area contributed by atoms with Gasteiger partial charge in [-0.25, -0.2) is 9.97 Å². The maximum absolute atomic E-state index is 11.5. The predicted octanol–water partition coefficient (Wildman–Crippen LogP) is 3.01. The zero-order valence-corrected chi connectivity index (χ0v) is 12.1. The minimum Gasteiger partial charge on any atom is -0.368 e. The summed E-state index contributed by atoms with van der Waals surface area (Å²) in [5.41, 5.74) is 6.88. The molecule has 0 atom stereocenters. The van der Waals surface area contributed by atoms with Crippen molar-refractivity contribution >= 4 is 33.3 Å². The van der Waals surface area contributed by atoms with Crippen molar-refractivity contribution in [3.05, 3.63) is 40.3 Å². The average Bonchev–Trinajstić information content (AvgIpc) is 2.50. The summed E-state index contributed by atoms with van der Waals surface area (Å²) in [6.45, 7) is 2.10. The number of nitrogen functional groups attached to an aromatic ring is 1. The molecule has 0 fully saturated rings. The van der Waals surface area contributed by atoms with E-state index in [1.165, 1.54) is 0 Å². The number of aryl methyl sites for hydroxylation is 1. The van der Waals surface area contributed by atoms with Crippen molar-refractivity contribution in [1.82, 2.24) is 15.0 Å². The zero-order valence-electron chi connectivity index (χ0n) is 12.1. The van der Waals surface area contributed by atoms with Gasteiger partial charge in [0.25, 0.3) is 0 Å². The number of nitrogens with two attached hydrogens (primary N) is 1. The van der Waals surface area contributed by atoms with Gasteiger partial charge in [0.15, 0.2) is 5.52 Å². The number of benzene rings is 1. The third-order valence-corrected chi connectivity index (χ3v) is 3.72. The van der Waals surface area contributed by atoms with Crippen LogP contribution in [0.4, 0.5) is 11.6 Å². The Morgan fingerprint density at radius 3 is 2.82 bits per heavy atom. The van der Waals surface area contributed by atoms with E-state index in [4.69, 9.17) is 5.73 Å². The number of anilines is 1. The molecule has 0 aliphatic carbocycles. The fourth-order valence-electron chi connectivity index (χ4n) is 2.72. The lowest BCUT2D eigenvalue weighted by Gasteiger charge is -2.11. The number of nitro benzene ring substituents is 1. The smallest absolute Gasteiger partial charge is 0.303 e. The van der Waals surface area contributed by atoms with Crippen LogP contribution in [0.3, 0.4) is 0 Å². The molecule has 7 heteroatoms. The van der Waals surface area contributed by atoms with Crippen molar-refractivity contribution in [2.24, 2.45) is 0 Å². The van der Waals surface area contributed by atoms with Gasteiger partial charge in [0.05, 0.1) is 10.3 Å². The SMILES string of the molecule is CCCCc1c2cnccc2c([N+](=O)[O-])c2nc(N)ncc12. The summed E-state index contributed by atoms with van der Waals surface area (Å²) in [6, 6.07) is 1.65. The van der Waals surface area contributed by atoms with Crippen molar-refractivity contribution in [3.63, 3.8) is 0 Å². The van der Waals surface area contributed by atoms with Gasteiger partial charge >= 0.3 is 5.69 Å². The standard InChI is InChI=1S/C15H15N5O2/c1-2-3-4-9-11-7-17-6-5-10(11)14(20(21)22)13-12(9)8-18-15(16)19-13/h5-8H,2-4H2,1H3,(H2,16,18,19). The Labute approximate surface area is 126 Å². The third-order valence-electron chi connectivity index (χ3n) is 3.72. The van der Waals surface area contributed by atoms with Crippen LogP contribution in [0.2, 0.25) is 0 Å². The Morgan fingerprint density at radius 1 is 1.27 bits per heavy atom. The highest BCUT2D eigenvalue weighted by atomic mass is 16.6. The molecule has 0 spiro atoms. The van der Waals surface area contributed by atoms with Crippen LogP contribution in [0.25, 0.3) is 21.7 Å². The highest BCUT2D eigenvalue weighted by Crippen LogP contribution is 2.37. The van der Waals surface area contributed by atoms with E-state index in [9.17, 15) is 10.1 Å². The Kier molecular flexibility index (Phi) is 3.54. The molecule has 0 aliphatic rings. The number of nitro groups is 1. The fourth-order valence-corrected chi connectivity index (χ4v) is 2.72. The molecule has 3 aromatic rings. The van der Waals surface area contributed by atoms with E-state index < -0.39 is 4.92 Å². The molecule has 0 bridgehead atoms.